The molecule has 4 nitrogen and oxygen atoms in total. The van der Waals surface area contributed by atoms with Gasteiger partial charge in [-0.05, 0) is 18.6 Å². The van der Waals surface area contributed by atoms with E-state index in [2.05, 4.69) is 0 Å². The van der Waals surface area contributed by atoms with E-state index < -0.39 is 5.97 Å². The molecule has 2 rings (SSSR count). The third-order valence-electron chi connectivity index (χ3n) is 2.26. The van der Waals surface area contributed by atoms with E-state index in [0.29, 0.717) is 23.3 Å². The number of carboxylic acid groups (broad SMARTS) is 1. The zero-order valence-electron chi connectivity index (χ0n) is 8.90. The molecule has 2 aromatic rings. The summed E-state index contributed by atoms with van der Waals surface area (Å²) < 4.78 is 10.7. The summed E-state index contributed by atoms with van der Waals surface area (Å²) in [4.78, 5) is 10.9. The standard InChI is InChI=1S/C12H12O4/c1-2-6-15-10-5-3-4-8-9(12(13)14)7-16-11(8)10/h3-5,7H,2,6H2,1H3,(H,13,14). The number of para-hydroxylation sites is 1. The molecule has 1 aromatic heterocycles. The second kappa shape index (κ2) is 4.26. The lowest BCUT2D eigenvalue weighted by molar-refractivity contribution is 0.0698. The van der Waals surface area contributed by atoms with Gasteiger partial charge in [-0.3, -0.25) is 0 Å². The minimum absolute atomic E-state index is 0.164. The number of carboxylic acids is 1. The molecule has 0 amide bonds. The topological polar surface area (TPSA) is 59.7 Å². The average Bonchev–Trinajstić information content (AvgIpc) is 2.70. The van der Waals surface area contributed by atoms with Crippen molar-refractivity contribution in [3.8, 4) is 5.75 Å². The first kappa shape index (κ1) is 10.5. The second-order valence-electron chi connectivity index (χ2n) is 3.44. The highest BCUT2D eigenvalue weighted by Crippen LogP contribution is 2.29. The van der Waals surface area contributed by atoms with E-state index in [9.17, 15) is 4.79 Å². The zero-order valence-corrected chi connectivity index (χ0v) is 8.90. The molecule has 84 valence electrons. The van der Waals surface area contributed by atoms with Gasteiger partial charge in [-0.15, -0.1) is 0 Å². The maximum absolute atomic E-state index is 10.9. The summed E-state index contributed by atoms with van der Waals surface area (Å²) in [6.45, 7) is 2.59. The molecule has 16 heavy (non-hydrogen) atoms. The van der Waals surface area contributed by atoms with Crippen molar-refractivity contribution in [1.82, 2.24) is 0 Å². The van der Waals surface area contributed by atoms with Crippen LogP contribution in [0.1, 0.15) is 23.7 Å². The number of furan rings is 1. The Bertz CT molecular complexity index is 513. The van der Waals surface area contributed by atoms with Gasteiger partial charge in [-0.2, -0.15) is 0 Å². The number of hydrogen-bond acceptors (Lipinski definition) is 3. The van der Waals surface area contributed by atoms with E-state index in [1.807, 2.05) is 6.92 Å². The Hall–Kier alpha value is -1.97. The number of rotatable bonds is 4. The van der Waals surface area contributed by atoms with E-state index in [0.717, 1.165) is 6.42 Å². The minimum atomic E-state index is -0.994. The molecule has 0 aliphatic rings. The minimum Gasteiger partial charge on any atom is -0.490 e. The van der Waals surface area contributed by atoms with Crippen molar-refractivity contribution in [2.75, 3.05) is 6.61 Å². The van der Waals surface area contributed by atoms with Crippen LogP contribution in [0.5, 0.6) is 5.75 Å². The van der Waals surface area contributed by atoms with Gasteiger partial charge in [0.15, 0.2) is 11.3 Å². The predicted octanol–water partition coefficient (Wildman–Crippen LogP) is 2.92. The van der Waals surface area contributed by atoms with Crippen LogP contribution in [0.3, 0.4) is 0 Å². The van der Waals surface area contributed by atoms with Crippen molar-refractivity contribution in [1.29, 1.82) is 0 Å². The first-order valence-electron chi connectivity index (χ1n) is 5.10. The second-order valence-corrected chi connectivity index (χ2v) is 3.44. The highest BCUT2D eigenvalue weighted by atomic mass is 16.5. The molecular weight excluding hydrogens is 208 g/mol. The fourth-order valence-corrected chi connectivity index (χ4v) is 1.52. The van der Waals surface area contributed by atoms with Gasteiger partial charge in [-0.1, -0.05) is 13.0 Å². The predicted molar refractivity (Wildman–Crippen MR) is 59.0 cm³/mol. The van der Waals surface area contributed by atoms with Crippen LogP contribution in [0, 0.1) is 0 Å². The van der Waals surface area contributed by atoms with Crippen LogP contribution in [0.25, 0.3) is 11.0 Å². The van der Waals surface area contributed by atoms with Gasteiger partial charge in [0.05, 0.1) is 6.61 Å². The fourth-order valence-electron chi connectivity index (χ4n) is 1.52. The molecule has 0 saturated heterocycles. The fraction of sp³-hybridized carbons (Fsp3) is 0.250. The van der Waals surface area contributed by atoms with E-state index in [-0.39, 0.29) is 5.56 Å². The molecule has 0 aliphatic heterocycles. The highest BCUT2D eigenvalue weighted by molar-refractivity contribution is 6.03. The van der Waals surface area contributed by atoms with Gasteiger partial charge in [0, 0.05) is 5.39 Å². The van der Waals surface area contributed by atoms with E-state index in [1.165, 1.54) is 6.26 Å². The summed E-state index contributed by atoms with van der Waals surface area (Å²) in [5, 5.41) is 9.51. The first-order chi connectivity index (χ1) is 7.74. The lowest BCUT2D eigenvalue weighted by Crippen LogP contribution is -1.96. The Morgan fingerprint density at radius 3 is 3.00 bits per heavy atom. The summed E-state index contributed by atoms with van der Waals surface area (Å²) in [6.07, 6.45) is 2.13. The molecule has 0 spiro atoms. The van der Waals surface area contributed by atoms with Crippen molar-refractivity contribution in [3.05, 3.63) is 30.0 Å². The van der Waals surface area contributed by atoms with E-state index >= 15 is 0 Å². The summed E-state index contributed by atoms with van der Waals surface area (Å²) in [6, 6.07) is 5.24. The van der Waals surface area contributed by atoms with E-state index in [4.69, 9.17) is 14.3 Å². The molecule has 1 aromatic carbocycles. The Labute approximate surface area is 92.4 Å². The van der Waals surface area contributed by atoms with Gasteiger partial charge in [0.1, 0.15) is 11.8 Å². The third-order valence-corrected chi connectivity index (χ3v) is 2.26. The quantitative estimate of drug-likeness (QED) is 0.860. The van der Waals surface area contributed by atoms with Crippen LogP contribution in [0.2, 0.25) is 0 Å². The molecular formula is C12H12O4. The summed E-state index contributed by atoms with van der Waals surface area (Å²) in [5.41, 5.74) is 0.658. The van der Waals surface area contributed by atoms with Crippen LogP contribution in [0.15, 0.2) is 28.9 Å². The van der Waals surface area contributed by atoms with Gasteiger partial charge < -0.3 is 14.3 Å². The van der Waals surface area contributed by atoms with Gasteiger partial charge in [0.25, 0.3) is 0 Å². The van der Waals surface area contributed by atoms with Crippen molar-refractivity contribution in [2.45, 2.75) is 13.3 Å². The maximum Gasteiger partial charge on any atom is 0.339 e. The number of ether oxygens (including phenoxy) is 1. The largest absolute Gasteiger partial charge is 0.490 e. The SMILES string of the molecule is CCCOc1cccc2c(C(=O)O)coc12. The lowest BCUT2D eigenvalue weighted by atomic mass is 10.2. The van der Waals surface area contributed by atoms with Crippen molar-refractivity contribution >= 4 is 16.9 Å². The molecule has 1 heterocycles. The number of aromatic carboxylic acids is 1. The Morgan fingerprint density at radius 1 is 1.50 bits per heavy atom. The Kier molecular flexibility index (Phi) is 2.81. The molecule has 1 N–H and O–H groups in total. The third kappa shape index (κ3) is 1.74. The normalized spacial score (nSPS) is 10.6. The molecule has 0 unspecified atom stereocenters. The van der Waals surface area contributed by atoms with Crippen LogP contribution < -0.4 is 4.74 Å². The van der Waals surface area contributed by atoms with Gasteiger partial charge in [0.2, 0.25) is 0 Å². The highest BCUT2D eigenvalue weighted by Gasteiger charge is 2.15. The van der Waals surface area contributed by atoms with Gasteiger partial charge >= 0.3 is 5.97 Å². The smallest absolute Gasteiger partial charge is 0.339 e. The maximum atomic E-state index is 10.9. The van der Waals surface area contributed by atoms with E-state index in [1.54, 1.807) is 18.2 Å². The molecule has 0 radical (unpaired) electrons. The van der Waals surface area contributed by atoms with Crippen LogP contribution in [0.4, 0.5) is 0 Å². The summed E-state index contributed by atoms with van der Waals surface area (Å²) in [7, 11) is 0. The molecule has 0 saturated carbocycles. The van der Waals surface area contributed by atoms with Crippen LogP contribution in [-0.4, -0.2) is 17.7 Å². The van der Waals surface area contributed by atoms with Crippen molar-refractivity contribution < 1.29 is 19.1 Å². The number of hydrogen-bond donors (Lipinski definition) is 1. The Morgan fingerprint density at radius 2 is 2.31 bits per heavy atom. The number of carbonyl (C=O) groups is 1. The van der Waals surface area contributed by atoms with Crippen molar-refractivity contribution in [2.24, 2.45) is 0 Å². The summed E-state index contributed by atoms with van der Waals surface area (Å²) >= 11 is 0. The van der Waals surface area contributed by atoms with Crippen LogP contribution in [-0.2, 0) is 0 Å². The number of fused-ring (bicyclic) bond motifs is 1. The van der Waals surface area contributed by atoms with Crippen molar-refractivity contribution in [3.63, 3.8) is 0 Å². The molecule has 0 fully saturated rings. The molecule has 0 bridgehead atoms. The van der Waals surface area contributed by atoms with Gasteiger partial charge in [-0.25, -0.2) is 4.79 Å². The monoisotopic (exact) mass is 220 g/mol. The number of benzene rings is 1. The Balaban J connectivity index is 2.49. The molecule has 0 aliphatic carbocycles. The first-order valence-corrected chi connectivity index (χ1v) is 5.10. The van der Waals surface area contributed by atoms with Crippen LogP contribution >= 0.6 is 0 Å². The average molecular weight is 220 g/mol. The zero-order chi connectivity index (χ0) is 11.5. The lowest BCUT2D eigenvalue weighted by Gasteiger charge is -2.04. The molecule has 0 atom stereocenters. The summed E-state index contributed by atoms with van der Waals surface area (Å²) in [5.74, 6) is -0.404. The molecule has 4 heteroatoms.